The Hall–Kier alpha value is -2.15. The number of halogens is 1. The third-order valence-electron chi connectivity index (χ3n) is 5.18. The Labute approximate surface area is 160 Å². The van der Waals surface area contributed by atoms with Crippen molar-refractivity contribution < 1.29 is 0 Å². The molecule has 0 spiro atoms. The number of nitrogens with zero attached hydrogens (tertiary/aromatic N) is 5. The van der Waals surface area contributed by atoms with Crippen molar-refractivity contribution in [1.29, 1.82) is 0 Å². The van der Waals surface area contributed by atoms with Crippen LogP contribution in [0, 0.1) is 5.92 Å². The number of aromatic nitrogens is 4. The van der Waals surface area contributed by atoms with E-state index in [9.17, 15) is 4.79 Å². The summed E-state index contributed by atoms with van der Waals surface area (Å²) in [5, 5.41) is 0. The van der Waals surface area contributed by atoms with Gasteiger partial charge in [0.2, 0.25) is 0 Å². The summed E-state index contributed by atoms with van der Waals surface area (Å²) in [6.45, 7) is 5.34. The van der Waals surface area contributed by atoms with E-state index in [1.165, 1.54) is 0 Å². The molecule has 1 saturated heterocycles. The van der Waals surface area contributed by atoms with Gasteiger partial charge in [0.15, 0.2) is 5.65 Å². The van der Waals surface area contributed by atoms with Crippen molar-refractivity contribution in [3.8, 4) is 0 Å². The normalized spacial score (nSPS) is 15.7. The Balaban J connectivity index is 1.50. The third kappa shape index (κ3) is 3.16. The van der Waals surface area contributed by atoms with Crippen molar-refractivity contribution in [1.82, 2.24) is 19.1 Å². The van der Waals surface area contributed by atoms with Crippen LogP contribution in [0.2, 0.25) is 0 Å². The Morgan fingerprint density at radius 3 is 2.65 bits per heavy atom. The van der Waals surface area contributed by atoms with E-state index >= 15 is 0 Å². The first-order chi connectivity index (χ1) is 12.7. The zero-order chi connectivity index (χ0) is 18.1. The number of rotatable bonds is 4. The molecule has 4 rings (SSSR count). The van der Waals surface area contributed by atoms with Crippen LogP contribution in [0.5, 0.6) is 0 Å². The van der Waals surface area contributed by atoms with E-state index in [0.717, 1.165) is 53.9 Å². The topological polar surface area (TPSA) is 56.0 Å². The van der Waals surface area contributed by atoms with Crippen molar-refractivity contribution >= 4 is 32.9 Å². The van der Waals surface area contributed by atoms with Crippen LogP contribution in [-0.2, 0) is 13.1 Å². The lowest BCUT2D eigenvalue weighted by atomic mass is 9.96. The molecule has 0 bridgehead atoms. The number of hydrogen-bond acceptors (Lipinski definition) is 4. The molecule has 7 heteroatoms. The fourth-order valence-electron chi connectivity index (χ4n) is 3.77. The van der Waals surface area contributed by atoms with E-state index in [1.807, 2.05) is 46.5 Å². The highest BCUT2D eigenvalue weighted by Gasteiger charge is 2.23. The number of hydrogen-bond donors (Lipinski definition) is 0. The van der Waals surface area contributed by atoms with Gasteiger partial charge >= 0.3 is 5.69 Å². The molecule has 136 valence electrons. The van der Waals surface area contributed by atoms with E-state index in [-0.39, 0.29) is 5.69 Å². The second-order valence-electron chi connectivity index (χ2n) is 6.75. The minimum absolute atomic E-state index is 0.0539. The van der Waals surface area contributed by atoms with E-state index in [1.54, 1.807) is 6.20 Å². The van der Waals surface area contributed by atoms with Crippen molar-refractivity contribution in [2.24, 2.45) is 5.92 Å². The van der Waals surface area contributed by atoms with Gasteiger partial charge in [-0.25, -0.2) is 14.8 Å². The molecule has 0 saturated carbocycles. The molecule has 26 heavy (non-hydrogen) atoms. The molecular formula is C19H22BrN5O. The lowest BCUT2D eigenvalue weighted by Crippen LogP contribution is -2.37. The molecule has 0 radical (unpaired) electrons. The molecule has 1 aliphatic rings. The third-order valence-corrected chi connectivity index (χ3v) is 5.65. The van der Waals surface area contributed by atoms with Gasteiger partial charge in [-0.1, -0.05) is 0 Å². The number of imidazole rings is 1. The number of fused-ring (bicyclic) bond motifs is 1. The van der Waals surface area contributed by atoms with E-state index in [2.05, 4.69) is 30.8 Å². The van der Waals surface area contributed by atoms with Gasteiger partial charge in [-0.05, 0) is 65.9 Å². The average molecular weight is 416 g/mol. The second-order valence-corrected chi connectivity index (χ2v) is 7.66. The SMILES string of the molecule is CCn1c(=O)n(CC2CCN(c3ccc(Br)cn3)CC2)c2ncccc21. The van der Waals surface area contributed by atoms with Gasteiger partial charge < -0.3 is 4.90 Å². The molecular weight excluding hydrogens is 394 g/mol. The predicted molar refractivity (Wildman–Crippen MR) is 107 cm³/mol. The Bertz CT molecular complexity index is 954. The minimum Gasteiger partial charge on any atom is -0.357 e. The molecule has 0 aromatic carbocycles. The van der Waals surface area contributed by atoms with Crippen LogP contribution in [0.4, 0.5) is 5.82 Å². The van der Waals surface area contributed by atoms with Crippen LogP contribution in [0.1, 0.15) is 19.8 Å². The van der Waals surface area contributed by atoms with Gasteiger partial charge in [0.25, 0.3) is 0 Å². The molecule has 0 unspecified atom stereocenters. The monoisotopic (exact) mass is 415 g/mol. The molecule has 1 fully saturated rings. The summed E-state index contributed by atoms with van der Waals surface area (Å²) in [5.41, 5.74) is 1.78. The van der Waals surface area contributed by atoms with E-state index in [0.29, 0.717) is 12.5 Å². The quantitative estimate of drug-likeness (QED) is 0.655. The Morgan fingerprint density at radius 1 is 1.15 bits per heavy atom. The largest absolute Gasteiger partial charge is 0.357 e. The number of pyridine rings is 2. The standard InChI is InChI=1S/C19H22BrN5O/c1-2-24-16-4-3-9-21-18(16)25(19(24)26)13-14-7-10-23(11-8-14)17-6-5-15(20)12-22-17/h3-6,9,12,14H,2,7-8,10-11,13H2,1H3. The van der Waals surface area contributed by atoms with Crippen molar-refractivity contribution in [2.45, 2.75) is 32.9 Å². The highest BCUT2D eigenvalue weighted by molar-refractivity contribution is 9.10. The summed E-state index contributed by atoms with van der Waals surface area (Å²) in [5.74, 6) is 1.50. The van der Waals surface area contributed by atoms with Crippen molar-refractivity contribution in [3.63, 3.8) is 0 Å². The molecule has 0 aliphatic carbocycles. The van der Waals surface area contributed by atoms with E-state index in [4.69, 9.17) is 0 Å². The summed E-state index contributed by atoms with van der Waals surface area (Å²) >= 11 is 3.43. The Morgan fingerprint density at radius 2 is 1.96 bits per heavy atom. The van der Waals surface area contributed by atoms with Gasteiger partial charge in [0.05, 0.1) is 5.52 Å². The van der Waals surface area contributed by atoms with Crippen LogP contribution in [-0.4, -0.2) is 32.2 Å². The molecule has 1 aliphatic heterocycles. The van der Waals surface area contributed by atoms with Crippen LogP contribution in [0.3, 0.4) is 0 Å². The van der Waals surface area contributed by atoms with Crippen LogP contribution >= 0.6 is 15.9 Å². The van der Waals surface area contributed by atoms with Gasteiger partial charge in [0.1, 0.15) is 5.82 Å². The molecule has 3 aromatic rings. The van der Waals surface area contributed by atoms with Crippen LogP contribution in [0.15, 0.2) is 45.9 Å². The number of aryl methyl sites for hydroxylation is 1. The lowest BCUT2D eigenvalue weighted by molar-refractivity contribution is 0.353. The van der Waals surface area contributed by atoms with E-state index < -0.39 is 0 Å². The first-order valence-electron chi connectivity index (χ1n) is 9.08. The molecule has 0 N–H and O–H groups in total. The zero-order valence-electron chi connectivity index (χ0n) is 14.8. The molecule has 6 nitrogen and oxygen atoms in total. The maximum atomic E-state index is 12.8. The number of piperidine rings is 1. The molecule has 0 amide bonds. The summed E-state index contributed by atoms with van der Waals surface area (Å²) in [6.07, 6.45) is 5.71. The predicted octanol–water partition coefficient (Wildman–Crippen LogP) is 3.29. The summed E-state index contributed by atoms with van der Waals surface area (Å²) in [4.78, 5) is 24.0. The smallest absolute Gasteiger partial charge is 0.330 e. The molecule has 4 heterocycles. The van der Waals surface area contributed by atoms with Crippen LogP contribution < -0.4 is 10.6 Å². The maximum Gasteiger partial charge on any atom is 0.330 e. The summed E-state index contributed by atoms with van der Waals surface area (Å²) in [7, 11) is 0. The zero-order valence-corrected chi connectivity index (χ0v) is 16.4. The van der Waals surface area contributed by atoms with Gasteiger partial charge in [-0.2, -0.15) is 0 Å². The highest BCUT2D eigenvalue weighted by Crippen LogP contribution is 2.24. The van der Waals surface area contributed by atoms with Crippen LogP contribution in [0.25, 0.3) is 11.2 Å². The summed E-state index contributed by atoms with van der Waals surface area (Å²) in [6, 6.07) is 7.94. The first kappa shape index (κ1) is 17.3. The number of anilines is 1. The first-order valence-corrected chi connectivity index (χ1v) is 9.87. The summed E-state index contributed by atoms with van der Waals surface area (Å²) < 4.78 is 4.66. The second kappa shape index (κ2) is 7.23. The van der Waals surface area contributed by atoms with Crippen molar-refractivity contribution in [3.05, 3.63) is 51.6 Å². The van der Waals surface area contributed by atoms with Gasteiger partial charge in [-0.15, -0.1) is 0 Å². The fourth-order valence-corrected chi connectivity index (χ4v) is 4.01. The highest BCUT2D eigenvalue weighted by atomic mass is 79.9. The molecule has 0 atom stereocenters. The minimum atomic E-state index is 0.0539. The van der Waals surface area contributed by atoms with Gasteiger partial charge in [-0.3, -0.25) is 9.13 Å². The van der Waals surface area contributed by atoms with Gasteiger partial charge in [0, 0.05) is 43.0 Å². The van der Waals surface area contributed by atoms with Crippen molar-refractivity contribution in [2.75, 3.05) is 18.0 Å². The fraction of sp³-hybridized carbons (Fsp3) is 0.421. The average Bonchev–Trinajstić information content (AvgIpc) is 2.94. The lowest BCUT2D eigenvalue weighted by Gasteiger charge is -2.32. The molecule has 3 aromatic heterocycles. The maximum absolute atomic E-state index is 12.8. The Kier molecular flexibility index (Phi) is 4.80.